The second-order valence-corrected chi connectivity index (χ2v) is 7.03. The van der Waals surface area contributed by atoms with Crippen molar-refractivity contribution in [3.05, 3.63) is 41.3 Å². The van der Waals surface area contributed by atoms with Gasteiger partial charge in [-0.1, -0.05) is 13.0 Å². The molecule has 2 aliphatic rings. The summed E-state index contributed by atoms with van der Waals surface area (Å²) in [4.78, 5) is 30.6. The third kappa shape index (κ3) is 3.08. The molecule has 4 rings (SSSR count). The number of hydrogen-bond donors (Lipinski definition) is 0. The number of pyridine rings is 1. The van der Waals surface area contributed by atoms with E-state index in [4.69, 9.17) is 4.98 Å². The molecule has 3 heterocycles. The topological polar surface area (TPSA) is 62.2 Å². The van der Waals surface area contributed by atoms with Crippen molar-refractivity contribution in [2.45, 2.75) is 26.7 Å². The molecule has 0 aromatic carbocycles. The summed E-state index contributed by atoms with van der Waals surface area (Å²) in [7, 11) is 0. The Morgan fingerprint density at radius 2 is 1.80 bits per heavy atom. The van der Waals surface area contributed by atoms with Crippen molar-refractivity contribution in [1.82, 2.24) is 15.0 Å². The molecule has 1 saturated heterocycles. The molecule has 1 aliphatic heterocycles. The molecule has 0 spiro atoms. The lowest BCUT2D eigenvalue weighted by atomic mass is 9.86. The lowest BCUT2D eigenvalue weighted by Gasteiger charge is -2.36. The summed E-state index contributed by atoms with van der Waals surface area (Å²) in [6, 6.07) is 6.00. The van der Waals surface area contributed by atoms with Gasteiger partial charge in [0.15, 0.2) is 5.78 Å². The number of piperazine rings is 1. The number of carbonyl (C=O) groups excluding carboxylic acids is 1. The fourth-order valence-corrected chi connectivity index (χ4v) is 3.77. The minimum absolute atomic E-state index is 0.192. The summed E-state index contributed by atoms with van der Waals surface area (Å²) >= 11 is 0. The van der Waals surface area contributed by atoms with Crippen molar-refractivity contribution in [1.29, 1.82) is 0 Å². The Kier molecular flexibility index (Phi) is 4.11. The standard InChI is InChI=1S/C19H23N5O/c1-13-11-15-18(16(25)12-13)14(2)21-19(22-15)24-9-7-23(8-10-24)17-5-3-4-6-20-17/h3-6,13H,7-12H2,1-2H3/t13-/m0/s1. The van der Waals surface area contributed by atoms with Crippen molar-refractivity contribution >= 4 is 17.5 Å². The first-order chi connectivity index (χ1) is 12.1. The summed E-state index contributed by atoms with van der Waals surface area (Å²) in [5.41, 5.74) is 2.51. The zero-order chi connectivity index (χ0) is 17.4. The fourth-order valence-electron chi connectivity index (χ4n) is 3.77. The molecule has 2 aromatic heterocycles. The van der Waals surface area contributed by atoms with Gasteiger partial charge in [0.2, 0.25) is 5.95 Å². The van der Waals surface area contributed by atoms with Crippen LogP contribution < -0.4 is 9.80 Å². The maximum Gasteiger partial charge on any atom is 0.225 e. The average molecular weight is 337 g/mol. The van der Waals surface area contributed by atoms with Crippen LogP contribution in [0.5, 0.6) is 0 Å². The number of aromatic nitrogens is 3. The maximum atomic E-state index is 12.3. The molecule has 130 valence electrons. The first kappa shape index (κ1) is 16.0. The lowest BCUT2D eigenvalue weighted by Crippen LogP contribution is -2.47. The van der Waals surface area contributed by atoms with E-state index >= 15 is 0 Å². The molecular weight excluding hydrogens is 314 g/mol. The number of carbonyl (C=O) groups is 1. The van der Waals surface area contributed by atoms with Gasteiger partial charge in [0.1, 0.15) is 5.82 Å². The minimum Gasteiger partial charge on any atom is -0.353 e. The van der Waals surface area contributed by atoms with Gasteiger partial charge < -0.3 is 9.80 Å². The molecule has 6 nitrogen and oxygen atoms in total. The molecule has 0 bridgehead atoms. The SMILES string of the molecule is Cc1nc(N2CCN(c3ccccn3)CC2)nc2c1C(=O)C[C@@H](C)C2. The van der Waals surface area contributed by atoms with E-state index in [2.05, 4.69) is 26.7 Å². The summed E-state index contributed by atoms with van der Waals surface area (Å²) < 4.78 is 0. The Balaban J connectivity index is 1.53. The highest BCUT2D eigenvalue weighted by Gasteiger charge is 2.28. The molecule has 1 aliphatic carbocycles. The smallest absolute Gasteiger partial charge is 0.225 e. The van der Waals surface area contributed by atoms with Crippen molar-refractivity contribution < 1.29 is 4.79 Å². The van der Waals surface area contributed by atoms with E-state index in [1.54, 1.807) is 0 Å². The summed E-state index contributed by atoms with van der Waals surface area (Å²) in [5.74, 6) is 2.34. The zero-order valence-electron chi connectivity index (χ0n) is 14.8. The monoisotopic (exact) mass is 337 g/mol. The Labute approximate surface area is 147 Å². The second-order valence-electron chi connectivity index (χ2n) is 7.03. The van der Waals surface area contributed by atoms with Crippen LogP contribution >= 0.6 is 0 Å². The van der Waals surface area contributed by atoms with Crippen LogP contribution in [0.3, 0.4) is 0 Å². The number of hydrogen-bond acceptors (Lipinski definition) is 6. The molecule has 0 saturated carbocycles. The number of Topliss-reactive ketones (excluding diaryl/α,β-unsaturated/α-hetero) is 1. The number of aryl methyl sites for hydroxylation is 1. The second kappa shape index (κ2) is 6.43. The van der Waals surface area contributed by atoms with Gasteiger partial charge in [-0.25, -0.2) is 15.0 Å². The van der Waals surface area contributed by atoms with Crippen molar-refractivity contribution in [2.75, 3.05) is 36.0 Å². The summed E-state index contributed by atoms with van der Waals surface area (Å²) in [6.45, 7) is 7.56. The minimum atomic E-state index is 0.192. The van der Waals surface area contributed by atoms with Crippen LogP contribution in [0.25, 0.3) is 0 Å². The van der Waals surface area contributed by atoms with Crippen molar-refractivity contribution in [3.8, 4) is 0 Å². The Hall–Kier alpha value is -2.50. The predicted octanol–water partition coefficient (Wildman–Crippen LogP) is 2.27. The van der Waals surface area contributed by atoms with Gasteiger partial charge in [0.25, 0.3) is 0 Å². The van der Waals surface area contributed by atoms with Gasteiger partial charge in [0, 0.05) is 38.8 Å². The van der Waals surface area contributed by atoms with Crippen LogP contribution in [0.4, 0.5) is 11.8 Å². The van der Waals surface area contributed by atoms with Gasteiger partial charge in [-0.3, -0.25) is 4.79 Å². The van der Waals surface area contributed by atoms with E-state index in [1.807, 2.05) is 31.3 Å². The quantitative estimate of drug-likeness (QED) is 0.838. The molecule has 0 amide bonds. The maximum absolute atomic E-state index is 12.3. The van der Waals surface area contributed by atoms with Gasteiger partial charge in [0.05, 0.1) is 17.0 Å². The van der Waals surface area contributed by atoms with Crippen LogP contribution in [0.1, 0.15) is 35.1 Å². The van der Waals surface area contributed by atoms with E-state index in [0.29, 0.717) is 12.3 Å². The Morgan fingerprint density at radius 3 is 2.52 bits per heavy atom. The van der Waals surface area contributed by atoms with E-state index in [-0.39, 0.29) is 5.78 Å². The van der Waals surface area contributed by atoms with E-state index in [9.17, 15) is 4.79 Å². The molecule has 0 N–H and O–H groups in total. The normalized spacial score (nSPS) is 20.6. The largest absolute Gasteiger partial charge is 0.353 e. The highest BCUT2D eigenvalue weighted by atomic mass is 16.1. The van der Waals surface area contributed by atoms with Crippen molar-refractivity contribution in [3.63, 3.8) is 0 Å². The predicted molar refractivity (Wildman–Crippen MR) is 97.2 cm³/mol. The first-order valence-corrected chi connectivity index (χ1v) is 8.93. The van der Waals surface area contributed by atoms with Crippen LogP contribution in [-0.4, -0.2) is 46.9 Å². The zero-order valence-corrected chi connectivity index (χ0v) is 14.8. The Morgan fingerprint density at radius 1 is 1.04 bits per heavy atom. The molecule has 1 atom stereocenters. The lowest BCUT2D eigenvalue weighted by molar-refractivity contribution is 0.0951. The van der Waals surface area contributed by atoms with Crippen molar-refractivity contribution in [2.24, 2.45) is 5.92 Å². The summed E-state index contributed by atoms with van der Waals surface area (Å²) in [6.07, 6.45) is 3.31. The molecule has 25 heavy (non-hydrogen) atoms. The molecular formula is C19H23N5O. The third-order valence-corrected chi connectivity index (χ3v) is 5.04. The van der Waals surface area contributed by atoms with E-state index in [1.165, 1.54) is 0 Å². The van der Waals surface area contributed by atoms with Gasteiger partial charge in [-0.2, -0.15) is 0 Å². The van der Waals surface area contributed by atoms with E-state index < -0.39 is 0 Å². The number of anilines is 2. The van der Waals surface area contributed by atoms with Gasteiger partial charge >= 0.3 is 0 Å². The molecule has 1 fully saturated rings. The Bertz CT molecular complexity index is 784. The van der Waals surface area contributed by atoms with Crippen LogP contribution in [-0.2, 0) is 6.42 Å². The molecule has 0 unspecified atom stereocenters. The van der Waals surface area contributed by atoms with Crippen LogP contribution in [0, 0.1) is 12.8 Å². The van der Waals surface area contributed by atoms with Crippen LogP contribution in [0.15, 0.2) is 24.4 Å². The fraction of sp³-hybridized carbons (Fsp3) is 0.474. The summed E-state index contributed by atoms with van der Waals surface area (Å²) in [5, 5.41) is 0. The van der Waals surface area contributed by atoms with Gasteiger partial charge in [-0.05, 0) is 31.4 Å². The third-order valence-electron chi connectivity index (χ3n) is 5.04. The molecule has 2 aromatic rings. The first-order valence-electron chi connectivity index (χ1n) is 8.93. The van der Waals surface area contributed by atoms with E-state index in [0.717, 1.165) is 61.3 Å². The number of ketones is 1. The average Bonchev–Trinajstić information content (AvgIpc) is 2.61. The highest BCUT2D eigenvalue weighted by molar-refractivity contribution is 5.99. The number of nitrogens with zero attached hydrogens (tertiary/aromatic N) is 5. The van der Waals surface area contributed by atoms with Crippen LogP contribution in [0.2, 0.25) is 0 Å². The van der Waals surface area contributed by atoms with Gasteiger partial charge in [-0.15, -0.1) is 0 Å². The number of rotatable bonds is 2. The highest BCUT2D eigenvalue weighted by Crippen LogP contribution is 2.27. The molecule has 6 heteroatoms. The molecule has 0 radical (unpaired) electrons. The number of fused-ring (bicyclic) bond motifs is 1.